The molecule has 0 unspecified atom stereocenters. The molecule has 0 saturated heterocycles. The smallest absolute Gasteiger partial charge is 0.264 e. The fourth-order valence-electron chi connectivity index (χ4n) is 2.78. The molecule has 0 spiro atoms. The van der Waals surface area contributed by atoms with E-state index in [-0.39, 0.29) is 0 Å². The third-order valence-electron chi connectivity index (χ3n) is 4.17. The monoisotopic (exact) mass is 369 g/mol. The van der Waals surface area contributed by atoms with Crippen molar-refractivity contribution in [1.29, 1.82) is 0 Å². The molecule has 0 N–H and O–H groups in total. The number of hydrogen-bond donors (Lipinski definition) is 0. The first kappa shape index (κ1) is 18.2. The van der Waals surface area contributed by atoms with Gasteiger partial charge in [0.15, 0.2) is 0 Å². The zero-order valence-corrected chi connectivity index (χ0v) is 16.1. The van der Waals surface area contributed by atoms with Gasteiger partial charge in [0.1, 0.15) is 17.8 Å². The lowest BCUT2D eigenvalue weighted by molar-refractivity contribution is 0.340. The van der Waals surface area contributed by atoms with Crippen LogP contribution in [0.3, 0.4) is 0 Å². The van der Waals surface area contributed by atoms with E-state index in [1.807, 2.05) is 65.2 Å². The van der Waals surface area contributed by atoms with Crippen LogP contribution >= 0.6 is 12.2 Å². The summed E-state index contributed by atoms with van der Waals surface area (Å²) in [4.78, 5) is 6.50. The molecule has 0 radical (unpaired) electrons. The summed E-state index contributed by atoms with van der Waals surface area (Å²) < 4.78 is 13.4. The number of imidazole rings is 1. The van der Waals surface area contributed by atoms with Crippen molar-refractivity contribution >= 4 is 28.4 Å². The van der Waals surface area contributed by atoms with Crippen molar-refractivity contribution < 1.29 is 9.47 Å². The Morgan fingerprint density at radius 1 is 1.04 bits per heavy atom. The minimum absolute atomic E-state index is 0.486. The highest BCUT2D eigenvalue weighted by Gasteiger charge is 2.10. The molecule has 3 rings (SSSR count). The van der Waals surface area contributed by atoms with Crippen LogP contribution in [0.25, 0.3) is 16.7 Å². The predicted octanol–water partition coefficient (Wildman–Crippen LogP) is 4.43. The Kier molecular flexibility index (Phi) is 5.73. The molecule has 26 heavy (non-hydrogen) atoms. The Bertz CT molecular complexity index is 886. The summed E-state index contributed by atoms with van der Waals surface area (Å²) in [5, 5.41) is 0.486. The number of aromatic nitrogens is 2. The fourth-order valence-corrected chi connectivity index (χ4v) is 3.13. The van der Waals surface area contributed by atoms with Crippen molar-refractivity contribution in [2.75, 3.05) is 19.7 Å². The second-order valence-corrected chi connectivity index (χ2v) is 6.08. The van der Waals surface area contributed by atoms with Gasteiger partial charge in [0.25, 0.3) is 5.17 Å². The molecule has 5 nitrogen and oxygen atoms in total. The number of fused-ring (bicyclic) bond motifs is 1. The van der Waals surface area contributed by atoms with Gasteiger partial charge in [0.05, 0.1) is 17.6 Å². The van der Waals surface area contributed by atoms with E-state index < -0.39 is 0 Å². The molecule has 0 bridgehead atoms. The lowest BCUT2D eigenvalue weighted by Crippen LogP contribution is -2.32. The van der Waals surface area contributed by atoms with E-state index in [0.717, 1.165) is 35.6 Å². The van der Waals surface area contributed by atoms with Gasteiger partial charge in [0, 0.05) is 24.8 Å². The van der Waals surface area contributed by atoms with E-state index in [1.54, 1.807) is 0 Å². The Morgan fingerprint density at radius 2 is 1.73 bits per heavy atom. The molecule has 1 aromatic heterocycles. The molecule has 3 aromatic rings. The lowest BCUT2D eigenvalue weighted by atomic mass is 10.2. The van der Waals surface area contributed by atoms with E-state index in [1.165, 1.54) is 0 Å². The summed E-state index contributed by atoms with van der Waals surface area (Å²) in [5.41, 5.74) is 2.90. The highest BCUT2D eigenvalue weighted by atomic mass is 32.1. The lowest BCUT2D eigenvalue weighted by Gasteiger charge is -2.21. The molecular formula is C20H23N3O2S. The van der Waals surface area contributed by atoms with Gasteiger partial charge < -0.3 is 14.4 Å². The molecule has 0 aliphatic heterocycles. The highest BCUT2D eigenvalue weighted by molar-refractivity contribution is 7.80. The standard InChI is InChI=1S/C20H23N3O2S/c1-4-22(5-2)20(26)25-17-11-12-19-18(13-17)21-14-23(19)15-7-9-16(10-8-15)24-6-3/h7-14H,4-6H2,1-3H3. The summed E-state index contributed by atoms with van der Waals surface area (Å²) in [6.07, 6.45) is 1.81. The van der Waals surface area contributed by atoms with Gasteiger partial charge in [0.2, 0.25) is 0 Å². The number of benzene rings is 2. The molecule has 2 aromatic carbocycles. The van der Waals surface area contributed by atoms with Crippen LogP contribution in [0.15, 0.2) is 48.8 Å². The summed E-state index contributed by atoms with van der Waals surface area (Å²) in [5.74, 6) is 1.56. The quantitative estimate of drug-likeness (QED) is 0.601. The average molecular weight is 369 g/mol. The fraction of sp³-hybridized carbons (Fsp3) is 0.300. The van der Waals surface area contributed by atoms with Crippen LogP contribution in [-0.4, -0.2) is 39.3 Å². The van der Waals surface area contributed by atoms with Crippen molar-refractivity contribution in [3.8, 4) is 17.2 Å². The minimum atomic E-state index is 0.486. The molecule has 0 amide bonds. The highest BCUT2D eigenvalue weighted by Crippen LogP contribution is 2.24. The first-order valence-electron chi connectivity index (χ1n) is 8.83. The number of nitrogens with zero attached hydrogens (tertiary/aromatic N) is 3. The molecule has 136 valence electrons. The first-order chi connectivity index (χ1) is 12.7. The number of hydrogen-bond acceptors (Lipinski definition) is 4. The van der Waals surface area contributed by atoms with E-state index >= 15 is 0 Å². The average Bonchev–Trinajstić information content (AvgIpc) is 3.07. The molecular weight excluding hydrogens is 346 g/mol. The molecule has 1 heterocycles. The van der Waals surface area contributed by atoms with Crippen LogP contribution in [0.5, 0.6) is 11.5 Å². The third kappa shape index (κ3) is 3.80. The van der Waals surface area contributed by atoms with Gasteiger partial charge in [-0.3, -0.25) is 4.57 Å². The van der Waals surface area contributed by atoms with Gasteiger partial charge in [-0.2, -0.15) is 0 Å². The molecule has 0 aliphatic rings. The van der Waals surface area contributed by atoms with Crippen LogP contribution < -0.4 is 9.47 Å². The van der Waals surface area contributed by atoms with Crippen molar-refractivity contribution in [1.82, 2.24) is 14.5 Å². The number of ether oxygens (including phenoxy) is 2. The Hall–Kier alpha value is -2.60. The van der Waals surface area contributed by atoms with Crippen LogP contribution in [0.2, 0.25) is 0 Å². The zero-order chi connectivity index (χ0) is 18.5. The van der Waals surface area contributed by atoms with Gasteiger partial charge in [-0.1, -0.05) is 0 Å². The Labute approximate surface area is 159 Å². The number of thiocarbonyl (C=S) groups is 1. The van der Waals surface area contributed by atoms with E-state index in [2.05, 4.69) is 18.8 Å². The van der Waals surface area contributed by atoms with Crippen molar-refractivity contribution in [3.63, 3.8) is 0 Å². The van der Waals surface area contributed by atoms with Crippen LogP contribution in [0.4, 0.5) is 0 Å². The SMILES string of the molecule is CCOc1ccc(-n2cnc3cc(OC(=S)N(CC)CC)ccc32)cc1. The Balaban J connectivity index is 1.84. The third-order valence-corrected chi connectivity index (χ3v) is 4.51. The van der Waals surface area contributed by atoms with Gasteiger partial charge in [-0.05, 0) is 69.4 Å². The maximum atomic E-state index is 5.82. The van der Waals surface area contributed by atoms with Crippen molar-refractivity contribution in [2.45, 2.75) is 20.8 Å². The normalized spacial score (nSPS) is 10.7. The maximum Gasteiger partial charge on any atom is 0.264 e. The van der Waals surface area contributed by atoms with Crippen LogP contribution in [0, 0.1) is 0 Å². The molecule has 0 fully saturated rings. The topological polar surface area (TPSA) is 39.5 Å². The Morgan fingerprint density at radius 3 is 2.38 bits per heavy atom. The summed E-state index contributed by atoms with van der Waals surface area (Å²) in [7, 11) is 0. The molecule has 0 atom stereocenters. The van der Waals surface area contributed by atoms with Crippen LogP contribution in [-0.2, 0) is 0 Å². The van der Waals surface area contributed by atoms with E-state index in [4.69, 9.17) is 21.7 Å². The van der Waals surface area contributed by atoms with Gasteiger partial charge >= 0.3 is 0 Å². The van der Waals surface area contributed by atoms with Crippen molar-refractivity contribution in [2.24, 2.45) is 0 Å². The van der Waals surface area contributed by atoms with Gasteiger partial charge in [-0.25, -0.2) is 4.98 Å². The maximum absolute atomic E-state index is 5.82. The minimum Gasteiger partial charge on any atom is -0.494 e. The summed E-state index contributed by atoms with van der Waals surface area (Å²) in [6.45, 7) is 8.39. The second kappa shape index (κ2) is 8.19. The van der Waals surface area contributed by atoms with Crippen molar-refractivity contribution in [3.05, 3.63) is 48.8 Å². The largest absolute Gasteiger partial charge is 0.494 e. The number of rotatable bonds is 6. The first-order valence-corrected chi connectivity index (χ1v) is 9.24. The molecule has 0 saturated carbocycles. The van der Waals surface area contributed by atoms with E-state index in [9.17, 15) is 0 Å². The van der Waals surface area contributed by atoms with Crippen LogP contribution in [0.1, 0.15) is 20.8 Å². The summed E-state index contributed by atoms with van der Waals surface area (Å²) in [6, 6.07) is 13.8. The molecule has 6 heteroatoms. The zero-order valence-electron chi connectivity index (χ0n) is 15.3. The van der Waals surface area contributed by atoms with Gasteiger partial charge in [-0.15, -0.1) is 0 Å². The second-order valence-electron chi connectivity index (χ2n) is 5.73. The van der Waals surface area contributed by atoms with E-state index in [0.29, 0.717) is 17.5 Å². The predicted molar refractivity (Wildman–Crippen MR) is 108 cm³/mol. The molecule has 0 aliphatic carbocycles. The summed E-state index contributed by atoms with van der Waals surface area (Å²) >= 11 is 5.36.